The van der Waals surface area contributed by atoms with Gasteiger partial charge in [-0.05, 0) is 78.1 Å². The van der Waals surface area contributed by atoms with Crippen LogP contribution in [0.4, 0.5) is 0 Å². The van der Waals surface area contributed by atoms with Crippen molar-refractivity contribution in [2.45, 2.75) is 65.8 Å². The van der Waals surface area contributed by atoms with E-state index >= 15 is 0 Å². The van der Waals surface area contributed by atoms with E-state index in [0.29, 0.717) is 0 Å². The lowest BCUT2D eigenvalue weighted by molar-refractivity contribution is 0.153. The number of aromatic nitrogens is 3. The predicted molar refractivity (Wildman–Crippen MR) is 176 cm³/mol. The molecule has 0 radical (unpaired) electrons. The average Bonchev–Trinajstić information content (AvgIpc) is 3.57. The van der Waals surface area contributed by atoms with E-state index in [1.807, 2.05) is 23.6 Å². The molecule has 1 unspecified atom stereocenters. The molecule has 3 aromatic heterocycles. The minimum Gasteiger partial charge on any atom is -0.341 e. The average molecular weight is 574 g/mol. The normalized spacial score (nSPS) is 14.8. The lowest BCUT2D eigenvalue weighted by atomic mass is 9.90. The van der Waals surface area contributed by atoms with Crippen molar-refractivity contribution in [3.63, 3.8) is 0 Å². The number of para-hydroxylation sites is 2. The van der Waals surface area contributed by atoms with E-state index in [-0.39, 0.29) is 13.5 Å². The molecule has 3 heterocycles. The Hall–Kier alpha value is -3.84. The third-order valence-electron chi connectivity index (χ3n) is 8.36. The van der Waals surface area contributed by atoms with Crippen LogP contribution in [-0.2, 0) is 32.6 Å². The molecule has 1 atom stereocenters. The number of nitrogens with one attached hydrogen (secondary N) is 2. The molecule has 0 fully saturated rings. The molecule has 0 aliphatic heterocycles. The van der Waals surface area contributed by atoms with Crippen LogP contribution in [0.5, 0.6) is 0 Å². The van der Waals surface area contributed by atoms with Gasteiger partial charge in [-0.2, -0.15) is 0 Å². The highest BCUT2D eigenvalue weighted by Crippen LogP contribution is 2.35. The highest BCUT2D eigenvalue weighted by molar-refractivity contribution is 7.19. The molecule has 214 valence electrons. The fourth-order valence-electron chi connectivity index (χ4n) is 6.20. The van der Waals surface area contributed by atoms with Gasteiger partial charge in [-0.3, -0.25) is 9.88 Å². The highest BCUT2D eigenvalue weighted by Gasteiger charge is 2.28. The van der Waals surface area contributed by atoms with Gasteiger partial charge >= 0.3 is 0 Å². The molecule has 1 aliphatic rings. The Morgan fingerprint density at radius 1 is 0.905 bits per heavy atom. The van der Waals surface area contributed by atoms with E-state index in [4.69, 9.17) is 9.97 Å². The van der Waals surface area contributed by atoms with Gasteiger partial charge in [0.25, 0.3) is 0 Å². The molecule has 7 rings (SSSR count). The molecule has 6 heteroatoms. The fraction of sp³-hybridized carbons (Fsp3) is 0.278. The summed E-state index contributed by atoms with van der Waals surface area (Å²) in [4.78, 5) is 17.3. The van der Waals surface area contributed by atoms with Crippen LogP contribution >= 0.6 is 11.3 Å². The molecule has 0 bridgehead atoms. The Bertz CT molecular complexity index is 1750. The van der Waals surface area contributed by atoms with E-state index in [0.717, 1.165) is 55.9 Å². The number of pyridine rings is 1. The summed E-state index contributed by atoms with van der Waals surface area (Å²) in [6, 6.07) is 30.7. The van der Waals surface area contributed by atoms with Crippen molar-refractivity contribution in [1.82, 2.24) is 25.2 Å². The monoisotopic (exact) mass is 573 g/mol. The van der Waals surface area contributed by atoms with Gasteiger partial charge in [-0.25, -0.2) is 4.98 Å². The van der Waals surface area contributed by atoms with Crippen LogP contribution in [-0.4, -0.2) is 19.9 Å². The largest absolute Gasteiger partial charge is 0.341 e. The zero-order valence-electron chi connectivity index (χ0n) is 23.4. The van der Waals surface area contributed by atoms with E-state index in [1.165, 1.54) is 49.3 Å². The zero-order valence-corrected chi connectivity index (χ0v) is 24.3. The lowest BCUT2D eigenvalue weighted by Gasteiger charge is -2.34. The van der Waals surface area contributed by atoms with Crippen LogP contribution in [0.15, 0.2) is 91.1 Å². The van der Waals surface area contributed by atoms with Crippen molar-refractivity contribution in [3.8, 4) is 0 Å². The SMILES string of the molecule is C.Cc1c(CNCc2ccc(CN(Cc3nc4ccccc4[nH]3)C3CCCc4cccnc43)cc2)sc2ccccc12. The Morgan fingerprint density at radius 3 is 2.57 bits per heavy atom. The standard InChI is InChI=1S/C35H35N5S.CH4/c1-24-28-10-2-5-14-32(28)41-33(24)21-36-20-25-15-17-26(18-16-25)22-40(23-34-38-29-11-3-4-12-30(29)39-34)31-13-6-8-27-9-7-19-37-35(27)31;/h2-5,7,9-12,14-19,31,36H,6,8,13,20-23H2,1H3,(H,38,39);1H4. The topological polar surface area (TPSA) is 56.8 Å². The quantitative estimate of drug-likeness (QED) is 0.182. The van der Waals surface area contributed by atoms with Crippen LogP contribution in [0.25, 0.3) is 21.1 Å². The minimum atomic E-state index is 0. The number of benzene rings is 3. The third-order valence-corrected chi connectivity index (χ3v) is 9.64. The predicted octanol–water partition coefficient (Wildman–Crippen LogP) is 8.49. The van der Waals surface area contributed by atoms with Gasteiger partial charge in [0.1, 0.15) is 5.82 Å². The number of imidazole rings is 1. The van der Waals surface area contributed by atoms with Gasteiger partial charge in [0.15, 0.2) is 0 Å². The number of fused-ring (bicyclic) bond motifs is 3. The Morgan fingerprint density at radius 2 is 1.71 bits per heavy atom. The van der Waals surface area contributed by atoms with Crippen molar-refractivity contribution < 1.29 is 0 Å². The first-order valence-electron chi connectivity index (χ1n) is 14.6. The third kappa shape index (κ3) is 5.88. The number of aryl methyl sites for hydroxylation is 2. The summed E-state index contributed by atoms with van der Waals surface area (Å²) in [6.45, 7) is 5.60. The van der Waals surface area contributed by atoms with Crippen molar-refractivity contribution in [3.05, 3.63) is 130 Å². The van der Waals surface area contributed by atoms with Crippen LogP contribution in [0.3, 0.4) is 0 Å². The Balaban J connectivity index is 0.00000316. The van der Waals surface area contributed by atoms with E-state index < -0.39 is 0 Å². The number of rotatable bonds is 9. The molecule has 42 heavy (non-hydrogen) atoms. The molecule has 6 aromatic rings. The summed E-state index contributed by atoms with van der Waals surface area (Å²) in [5, 5.41) is 5.04. The molecular weight excluding hydrogens is 534 g/mol. The van der Waals surface area contributed by atoms with E-state index in [9.17, 15) is 0 Å². The van der Waals surface area contributed by atoms with Crippen LogP contribution < -0.4 is 5.32 Å². The second kappa shape index (κ2) is 12.6. The van der Waals surface area contributed by atoms with Crippen molar-refractivity contribution in [2.75, 3.05) is 0 Å². The highest BCUT2D eigenvalue weighted by atomic mass is 32.1. The van der Waals surface area contributed by atoms with Gasteiger partial charge < -0.3 is 10.3 Å². The first-order chi connectivity index (χ1) is 20.2. The number of hydrogen-bond donors (Lipinski definition) is 2. The summed E-state index contributed by atoms with van der Waals surface area (Å²) in [7, 11) is 0. The summed E-state index contributed by atoms with van der Waals surface area (Å²) in [5.74, 6) is 1.01. The summed E-state index contributed by atoms with van der Waals surface area (Å²) >= 11 is 1.90. The maximum Gasteiger partial charge on any atom is 0.121 e. The Kier molecular flexibility index (Phi) is 8.47. The second-order valence-electron chi connectivity index (χ2n) is 11.1. The first-order valence-corrected chi connectivity index (χ1v) is 15.4. The molecule has 1 aliphatic carbocycles. The number of hydrogen-bond acceptors (Lipinski definition) is 5. The first kappa shape index (κ1) is 28.3. The minimum absolute atomic E-state index is 0. The van der Waals surface area contributed by atoms with Gasteiger partial charge in [-0.1, -0.05) is 68.1 Å². The maximum atomic E-state index is 4.91. The molecule has 0 amide bonds. The zero-order chi connectivity index (χ0) is 27.6. The van der Waals surface area contributed by atoms with Gasteiger partial charge in [0, 0.05) is 35.4 Å². The van der Waals surface area contributed by atoms with Crippen LogP contribution in [0, 0.1) is 6.92 Å². The fourth-order valence-corrected chi connectivity index (χ4v) is 7.38. The summed E-state index contributed by atoms with van der Waals surface area (Å²) < 4.78 is 1.37. The molecule has 0 saturated carbocycles. The number of H-pyrrole nitrogens is 1. The van der Waals surface area contributed by atoms with Gasteiger partial charge in [0.2, 0.25) is 0 Å². The van der Waals surface area contributed by atoms with Crippen molar-refractivity contribution in [2.24, 2.45) is 0 Å². The van der Waals surface area contributed by atoms with Crippen molar-refractivity contribution in [1.29, 1.82) is 0 Å². The maximum absolute atomic E-state index is 4.91. The molecule has 0 saturated heterocycles. The lowest BCUT2D eigenvalue weighted by Crippen LogP contribution is -2.31. The van der Waals surface area contributed by atoms with Crippen LogP contribution in [0.2, 0.25) is 0 Å². The summed E-state index contributed by atoms with van der Waals surface area (Å²) in [6.07, 6.45) is 5.35. The van der Waals surface area contributed by atoms with Crippen LogP contribution in [0.1, 0.15) is 65.0 Å². The number of thiophene rings is 1. The second-order valence-corrected chi connectivity index (χ2v) is 12.3. The van der Waals surface area contributed by atoms with Crippen molar-refractivity contribution >= 4 is 32.5 Å². The number of aromatic amines is 1. The molecular formula is C36H39N5S. The van der Waals surface area contributed by atoms with Gasteiger partial charge in [0.05, 0.1) is 29.3 Å². The molecule has 5 nitrogen and oxygen atoms in total. The van der Waals surface area contributed by atoms with E-state index in [1.54, 1.807) is 0 Å². The molecule has 3 aromatic carbocycles. The Labute approximate surface area is 252 Å². The summed E-state index contributed by atoms with van der Waals surface area (Å²) in [5.41, 5.74) is 8.74. The van der Waals surface area contributed by atoms with E-state index in [2.05, 4.69) is 101 Å². The smallest absolute Gasteiger partial charge is 0.121 e. The van der Waals surface area contributed by atoms with Gasteiger partial charge in [-0.15, -0.1) is 11.3 Å². The molecule has 0 spiro atoms. The number of nitrogens with zero attached hydrogens (tertiary/aromatic N) is 3. The molecule has 2 N–H and O–H groups in total.